The van der Waals surface area contributed by atoms with Gasteiger partial charge in [-0.1, -0.05) is 12.1 Å². The first kappa shape index (κ1) is 19.5. The third kappa shape index (κ3) is 4.00. The molecule has 0 radical (unpaired) electrons. The molecule has 3 aromatic rings. The molecule has 2 heterocycles. The van der Waals surface area contributed by atoms with Crippen LogP contribution in [0, 0.1) is 12.7 Å². The van der Waals surface area contributed by atoms with E-state index in [0.29, 0.717) is 17.0 Å². The third-order valence-electron chi connectivity index (χ3n) is 5.00. The Morgan fingerprint density at radius 1 is 1.17 bits per heavy atom. The second-order valence-electron chi connectivity index (χ2n) is 6.90. The zero-order valence-corrected chi connectivity index (χ0v) is 17.2. The Labute approximate surface area is 173 Å². The summed E-state index contributed by atoms with van der Waals surface area (Å²) < 4.78 is 19.0. The predicted molar refractivity (Wildman–Crippen MR) is 116 cm³/mol. The Balaban J connectivity index is 1.82. The van der Waals surface area contributed by atoms with Gasteiger partial charge in [0, 0.05) is 35.7 Å². The van der Waals surface area contributed by atoms with Crippen LogP contribution in [-0.4, -0.2) is 47.5 Å². The van der Waals surface area contributed by atoms with Crippen LogP contribution in [0.4, 0.5) is 15.8 Å². The Bertz CT molecular complexity index is 1070. The molecule has 29 heavy (non-hydrogen) atoms. The average Bonchev–Trinajstić information content (AvgIpc) is 2.75. The number of hydrogen-bond acceptors (Lipinski definition) is 5. The SMILES string of the molecule is COc1cccc2c(Nc3ccc(F)cc3C)cc(C(=O)N3CCSCC3)nc12. The predicted octanol–water partition coefficient (Wildman–Crippen LogP) is 4.62. The highest BCUT2D eigenvalue weighted by Crippen LogP contribution is 2.33. The van der Waals surface area contributed by atoms with E-state index >= 15 is 0 Å². The molecule has 1 fully saturated rings. The molecule has 1 aliphatic rings. The molecule has 0 atom stereocenters. The van der Waals surface area contributed by atoms with Gasteiger partial charge in [-0.3, -0.25) is 4.79 Å². The van der Waals surface area contributed by atoms with E-state index in [0.717, 1.165) is 46.9 Å². The van der Waals surface area contributed by atoms with Crippen LogP contribution in [0.1, 0.15) is 16.1 Å². The highest BCUT2D eigenvalue weighted by atomic mass is 32.2. The van der Waals surface area contributed by atoms with Crippen molar-refractivity contribution in [2.24, 2.45) is 0 Å². The Hall–Kier alpha value is -2.80. The first-order chi connectivity index (χ1) is 14.1. The molecule has 1 saturated heterocycles. The monoisotopic (exact) mass is 411 g/mol. The lowest BCUT2D eigenvalue weighted by Gasteiger charge is -2.26. The first-order valence-electron chi connectivity index (χ1n) is 9.45. The number of nitrogens with zero attached hydrogens (tertiary/aromatic N) is 2. The van der Waals surface area contributed by atoms with E-state index in [4.69, 9.17) is 4.74 Å². The molecule has 2 aromatic carbocycles. The largest absolute Gasteiger partial charge is 0.494 e. The topological polar surface area (TPSA) is 54.5 Å². The van der Waals surface area contributed by atoms with Crippen LogP contribution in [0.25, 0.3) is 10.9 Å². The number of para-hydroxylation sites is 1. The van der Waals surface area contributed by atoms with E-state index in [2.05, 4.69) is 10.3 Å². The number of aromatic nitrogens is 1. The lowest BCUT2D eigenvalue weighted by molar-refractivity contribution is 0.0767. The molecule has 1 aromatic heterocycles. The summed E-state index contributed by atoms with van der Waals surface area (Å²) in [6, 6.07) is 12.0. The van der Waals surface area contributed by atoms with Gasteiger partial charge in [0.05, 0.1) is 12.8 Å². The molecule has 0 aliphatic carbocycles. The maximum atomic E-state index is 13.5. The van der Waals surface area contributed by atoms with E-state index in [9.17, 15) is 9.18 Å². The molecule has 1 amide bonds. The van der Waals surface area contributed by atoms with Crippen LogP contribution in [-0.2, 0) is 0 Å². The molecular formula is C22H22FN3O2S. The standard InChI is InChI=1S/C22H22FN3O2S/c1-14-12-15(23)6-7-17(14)24-18-13-19(22(27)26-8-10-29-11-9-26)25-21-16(18)4-3-5-20(21)28-2/h3-7,12-13H,8-11H2,1-2H3,(H,24,25). The number of benzene rings is 2. The molecule has 0 bridgehead atoms. The van der Waals surface area contributed by atoms with Crippen LogP contribution in [0.15, 0.2) is 42.5 Å². The van der Waals surface area contributed by atoms with Crippen molar-refractivity contribution in [2.75, 3.05) is 37.0 Å². The number of methoxy groups -OCH3 is 1. The summed E-state index contributed by atoms with van der Waals surface area (Å²) >= 11 is 1.85. The second kappa shape index (κ2) is 8.29. The van der Waals surface area contributed by atoms with Crippen molar-refractivity contribution >= 4 is 39.9 Å². The van der Waals surface area contributed by atoms with Crippen molar-refractivity contribution < 1.29 is 13.9 Å². The molecule has 0 spiro atoms. The molecule has 1 aliphatic heterocycles. The summed E-state index contributed by atoms with van der Waals surface area (Å²) in [4.78, 5) is 19.6. The number of halogens is 1. The van der Waals surface area contributed by atoms with E-state index in [1.807, 2.05) is 41.8 Å². The third-order valence-corrected chi connectivity index (χ3v) is 5.94. The normalized spacial score (nSPS) is 14.1. The Morgan fingerprint density at radius 3 is 2.69 bits per heavy atom. The van der Waals surface area contributed by atoms with Crippen LogP contribution in [0.2, 0.25) is 0 Å². The number of nitrogens with one attached hydrogen (secondary N) is 1. The van der Waals surface area contributed by atoms with E-state index < -0.39 is 0 Å². The van der Waals surface area contributed by atoms with Gasteiger partial charge in [0.15, 0.2) is 0 Å². The van der Waals surface area contributed by atoms with Crippen LogP contribution >= 0.6 is 11.8 Å². The number of ether oxygens (including phenoxy) is 1. The summed E-state index contributed by atoms with van der Waals surface area (Å²) in [5.74, 6) is 2.10. The minimum absolute atomic E-state index is 0.0861. The summed E-state index contributed by atoms with van der Waals surface area (Å²) in [7, 11) is 1.59. The van der Waals surface area contributed by atoms with E-state index in [-0.39, 0.29) is 11.7 Å². The number of fused-ring (bicyclic) bond motifs is 1. The molecule has 1 N–H and O–H groups in total. The number of pyridine rings is 1. The van der Waals surface area contributed by atoms with E-state index in [1.54, 1.807) is 19.2 Å². The van der Waals surface area contributed by atoms with Crippen molar-refractivity contribution in [1.82, 2.24) is 9.88 Å². The van der Waals surface area contributed by atoms with Gasteiger partial charge in [0.2, 0.25) is 0 Å². The lowest BCUT2D eigenvalue weighted by atomic mass is 10.1. The summed E-state index contributed by atoms with van der Waals surface area (Å²) in [6.45, 7) is 3.27. The summed E-state index contributed by atoms with van der Waals surface area (Å²) in [5, 5.41) is 4.19. The van der Waals surface area contributed by atoms with Gasteiger partial charge in [-0.15, -0.1) is 0 Å². The van der Waals surface area contributed by atoms with Gasteiger partial charge in [-0.2, -0.15) is 11.8 Å². The van der Waals surface area contributed by atoms with Crippen molar-refractivity contribution in [2.45, 2.75) is 6.92 Å². The average molecular weight is 412 g/mol. The minimum Gasteiger partial charge on any atom is -0.494 e. The zero-order valence-electron chi connectivity index (χ0n) is 16.4. The number of thioether (sulfide) groups is 1. The number of carbonyl (C=O) groups is 1. The van der Waals surface area contributed by atoms with Gasteiger partial charge in [0.25, 0.3) is 5.91 Å². The second-order valence-corrected chi connectivity index (χ2v) is 8.13. The highest BCUT2D eigenvalue weighted by Gasteiger charge is 2.22. The zero-order chi connectivity index (χ0) is 20.4. The fraction of sp³-hybridized carbons (Fsp3) is 0.273. The smallest absolute Gasteiger partial charge is 0.272 e. The van der Waals surface area contributed by atoms with Gasteiger partial charge in [0.1, 0.15) is 22.8 Å². The molecular weight excluding hydrogens is 389 g/mol. The van der Waals surface area contributed by atoms with Crippen molar-refractivity contribution in [3.05, 3.63) is 59.5 Å². The fourth-order valence-electron chi connectivity index (χ4n) is 3.44. The van der Waals surface area contributed by atoms with Gasteiger partial charge in [-0.25, -0.2) is 9.37 Å². The van der Waals surface area contributed by atoms with Gasteiger partial charge in [-0.05, 0) is 42.8 Å². The summed E-state index contributed by atoms with van der Waals surface area (Å²) in [5.41, 5.74) is 3.28. The number of anilines is 2. The maximum Gasteiger partial charge on any atom is 0.272 e. The number of amides is 1. The lowest BCUT2D eigenvalue weighted by Crippen LogP contribution is -2.38. The van der Waals surface area contributed by atoms with E-state index in [1.165, 1.54) is 12.1 Å². The molecule has 4 rings (SSSR count). The molecule has 0 unspecified atom stereocenters. The van der Waals surface area contributed by atoms with Crippen LogP contribution < -0.4 is 10.1 Å². The summed E-state index contributed by atoms with van der Waals surface area (Å²) in [6.07, 6.45) is 0. The fourth-order valence-corrected chi connectivity index (χ4v) is 4.34. The van der Waals surface area contributed by atoms with Gasteiger partial charge >= 0.3 is 0 Å². The Morgan fingerprint density at radius 2 is 1.97 bits per heavy atom. The molecule has 150 valence electrons. The van der Waals surface area contributed by atoms with Crippen molar-refractivity contribution in [3.63, 3.8) is 0 Å². The van der Waals surface area contributed by atoms with Crippen molar-refractivity contribution in [3.8, 4) is 5.75 Å². The highest BCUT2D eigenvalue weighted by molar-refractivity contribution is 7.99. The maximum absolute atomic E-state index is 13.5. The number of carbonyl (C=O) groups excluding carboxylic acids is 1. The number of hydrogen-bond donors (Lipinski definition) is 1. The minimum atomic E-state index is -0.284. The quantitative estimate of drug-likeness (QED) is 0.679. The molecule has 5 nitrogen and oxygen atoms in total. The molecule has 7 heteroatoms. The van der Waals surface area contributed by atoms with Gasteiger partial charge < -0.3 is 15.0 Å². The number of rotatable bonds is 4. The number of aryl methyl sites for hydroxylation is 1. The Kier molecular flexibility index (Phi) is 5.58. The van der Waals surface area contributed by atoms with Crippen molar-refractivity contribution in [1.29, 1.82) is 0 Å². The van der Waals surface area contributed by atoms with Crippen LogP contribution in [0.5, 0.6) is 5.75 Å². The first-order valence-corrected chi connectivity index (χ1v) is 10.6. The molecule has 0 saturated carbocycles. The van der Waals surface area contributed by atoms with Crippen LogP contribution in [0.3, 0.4) is 0 Å².